The molecule has 1 rings (SSSR count). The van der Waals surface area contributed by atoms with Crippen molar-refractivity contribution in [2.45, 2.75) is 154 Å². The Kier molecular flexibility index (Phi) is 17.8. The van der Waals surface area contributed by atoms with Gasteiger partial charge < -0.3 is 0 Å². The van der Waals surface area contributed by atoms with Crippen LogP contribution >= 0.6 is 0 Å². The fraction of sp³-hybridized carbons (Fsp3) is 1.00. The van der Waals surface area contributed by atoms with Crippen molar-refractivity contribution in [3.05, 3.63) is 0 Å². The highest BCUT2D eigenvalue weighted by Gasteiger charge is 2.30. The van der Waals surface area contributed by atoms with Crippen molar-refractivity contribution in [3.8, 4) is 0 Å². The lowest BCUT2D eigenvalue weighted by Crippen LogP contribution is -2.32. The van der Waals surface area contributed by atoms with Crippen molar-refractivity contribution in [2.24, 2.45) is 0 Å². The molecule has 0 bridgehead atoms. The van der Waals surface area contributed by atoms with Crippen LogP contribution in [0.3, 0.4) is 0 Å². The Balaban J connectivity index is 2.23. The van der Waals surface area contributed by atoms with Gasteiger partial charge in [-0.1, -0.05) is 104 Å². The second-order valence-corrected chi connectivity index (χ2v) is 13.5. The van der Waals surface area contributed by atoms with Gasteiger partial charge in [0.1, 0.15) is 0 Å². The predicted octanol–water partition coefficient (Wildman–Crippen LogP) is 7.27. The monoisotopic (exact) mass is 524 g/mol. The molecule has 8 heteroatoms. The van der Waals surface area contributed by atoms with Crippen molar-refractivity contribution in [2.75, 3.05) is 11.5 Å². The van der Waals surface area contributed by atoms with Crippen LogP contribution in [0, 0.1) is 0 Å². The number of hydrogen-bond acceptors (Lipinski definition) is 6. The fourth-order valence-electron chi connectivity index (χ4n) is 4.61. The first-order valence-corrected chi connectivity index (χ1v) is 17.3. The van der Waals surface area contributed by atoms with Gasteiger partial charge in [-0.25, -0.2) is 0 Å². The summed E-state index contributed by atoms with van der Waals surface area (Å²) in [5.74, 6) is 0.0848. The van der Waals surface area contributed by atoms with E-state index in [-0.39, 0.29) is 11.5 Å². The zero-order chi connectivity index (χ0) is 25.1. The number of unbranched alkanes of at least 4 members (excludes halogenated alkanes) is 14. The van der Waals surface area contributed by atoms with Gasteiger partial charge in [-0.15, -0.1) is 0 Å². The van der Waals surface area contributed by atoms with Crippen LogP contribution in [0.5, 0.6) is 0 Å². The van der Waals surface area contributed by atoms with E-state index in [9.17, 15) is 16.8 Å². The summed E-state index contributed by atoms with van der Waals surface area (Å²) in [7, 11) is -7.17. The Morgan fingerprint density at radius 2 is 0.853 bits per heavy atom. The van der Waals surface area contributed by atoms with Crippen LogP contribution in [0.25, 0.3) is 0 Å². The molecule has 6 nitrogen and oxygen atoms in total. The number of rotatable bonds is 22. The van der Waals surface area contributed by atoms with Gasteiger partial charge in [0.25, 0.3) is 20.2 Å². The summed E-state index contributed by atoms with van der Waals surface area (Å²) in [6, 6.07) is 0. The van der Waals surface area contributed by atoms with Crippen LogP contribution in [-0.4, -0.2) is 40.5 Å². The molecular formula is C26H52O6S2. The van der Waals surface area contributed by atoms with E-state index < -0.39 is 32.4 Å². The lowest BCUT2D eigenvalue weighted by atomic mass is 9.95. The van der Waals surface area contributed by atoms with E-state index in [1.807, 2.05) is 0 Å². The summed E-state index contributed by atoms with van der Waals surface area (Å²) < 4.78 is 60.3. The third kappa shape index (κ3) is 17.3. The van der Waals surface area contributed by atoms with Crippen molar-refractivity contribution < 1.29 is 25.2 Å². The van der Waals surface area contributed by atoms with Crippen molar-refractivity contribution in [1.29, 1.82) is 0 Å². The van der Waals surface area contributed by atoms with Crippen LogP contribution in [0.15, 0.2) is 0 Å². The maximum Gasteiger partial charge on any atom is 0.267 e. The summed E-state index contributed by atoms with van der Waals surface area (Å²) in [6.45, 7) is 4.39. The molecular weight excluding hydrogens is 472 g/mol. The molecule has 0 heterocycles. The van der Waals surface area contributed by atoms with Gasteiger partial charge in [-0.3, -0.25) is 8.37 Å². The molecule has 1 aliphatic carbocycles. The Labute approximate surface area is 211 Å². The fourth-order valence-corrected chi connectivity index (χ4v) is 7.10. The molecule has 0 aromatic rings. The van der Waals surface area contributed by atoms with Crippen LogP contribution in [0.4, 0.5) is 0 Å². The van der Waals surface area contributed by atoms with Gasteiger partial charge in [0.15, 0.2) is 0 Å². The highest BCUT2D eigenvalue weighted by Crippen LogP contribution is 2.27. The van der Waals surface area contributed by atoms with Gasteiger partial charge in [0.05, 0.1) is 23.7 Å². The van der Waals surface area contributed by atoms with E-state index in [0.717, 1.165) is 44.9 Å². The van der Waals surface area contributed by atoms with Crippen LogP contribution in [0.1, 0.15) is 142 Å². The molecule has 1 fully saturated rings. The second kappa shape index (κ2) is 19.0. The summed E-state index contributed by atoms with van der Waals surface area (Å²) >= 11 is 0. The average Bonchev–Trinajstić information content (AvgIpc) is 2.77. The third-order valence-corrected chi connectivity index (χ3v) is 9.35. The summed E-state index contributed by atoms with van der Waals surface area (Å²) in [4.78, 5) is 0. The maximum atomic E-state index is 12.4. The van der Waals surface area contributed by atoms with Gasteiger partial charge >= 0.3 is 0 Å². The maximum absolute atomic E-state index is 12.4. The Hall–Kier alpha value is -0.180. The average molecular weight is 525 g/mol. The largest absolute Gasteiger partial charge is 0.267 e. The molecule has 34 heavy (non-hydrogen) atoms. The molecule has 204 valence electrons. The van der Waals surface area contributed by atoms with Crippen molar-refractivity contribution >= 4 is 20.2 Å². The molecule has 0 aliphatic heterocycles. The highest BCUT2D eigenvalue weighted by molar-refractivity contribution is 7.87. The standard InChI is InChI=1S/C26H52O6S2/c1-3-5-7-9-11-13-15-17-22-33(27,28)31-25-20-19-21-26(24-25)32-34(29,30)23-18-16-14-12-10-8-6-4-2/h25-26H,3-24H2,1-2H3. The molecule has 1 aliphatic rings. The zero-order valence-corrected chi connectivity index (χ0v) is 23.6. The van der Waals surface area contributed by atoms with Gasteiger partial charge in [0, 0.05) is 6.42 Å². The molecule has 0 aromatic heterocycles. The molecule has 0 saturated heterocycles. The molecule has 0 amide bonds. The third-order valence-electron chi connectivity index (χ3n) is 6.64. The van der Waals surface area contributed by atoms with E-state index in [4.69, 9.17) is 8.37 Å². The normalized spacial score (nSPS) is 19.5. The van der Waals surface area contributed by atoms with Crippen LogP contribution in [-0.2, 0) is 28.6 Å². The van der Waals surface area contributed by atoms with Crippen LogP contribution < -0.4 is 0 Å². The van der Waals surface area contributed by atoms with Crippen LogP contribution in [0.2, 0.25) is 0 Å². The molecule has 0 N–H and O–H groups in total. The lowest BCUT2D eigenvalue weighted by molar-refractivity contribution is 0.0759. The van der Waals surface area contributed by atoms with Gasteiger partial charge in [-0.05, 0) is 32.1 Å². The quantitative estimate of drug-likeness (QED) is 0.109. The van der Waals surface area contributed by atoms with Crippen molar-refractivity contribution in [1.82, 2.24) is 0 Å². The summed E-state index contributed by atoms with van der Waals surface area (Å²) in [5.41, 5.74) is 0. The number of hydrogen-bond donors (Lipinski definition) is 0. The Morgan fingerprint density at radius 3 is 1.21 bits per heavy atom. The molecule has 2 atom stereocenters. The topological polar surface area (TPSA) is 86.7 Å². The SMILES string of the molecule is CCCCCCCCCCS(=O)(=O)OC1CCCC(OS(=O)(=O)CCCCCCCCCC)C1. The minimum Gasteiger partial charge on any atom is -0.267 e. The molecule has 1 saturated carbocycles. The minimum absolute atomic E-state index is 0.0424. The first kappa shape index (κ1) is 31.8. The van der Waals surface area contributed by atoms with E-state index in [1.54, 1.807) is 0 Å². The predicted molar refractivity (Wildman–Crippen MR) is 141 cm³/mol. The van der Waals surface area contributed by atoms with E-state index in [0.29, 0.717) is 32.1 Å². The molecule has 2 unspecified atom stereocenters. The first-order valence-electron chi connectivity index (χ1n) is 14.1. The molecule has 0 radical (unpaired) electrons. The Morgan fingerprint density at radius 1 is 0.529 bits per heavy atom. The van der Waals surface area contributed by atoms with Crippen molar-refractivity contribution in [3.63, 3.8) is 0 Å². The lowest BCUT2D eigenvalue weighted by Gasteiger charge is -2.28. The highest BCUT2D eigenvalue weighted by atomic mass is 32.2. The Bertz CT molecular complexity index is 632. The van der Waals surface area contributed by atoms with E-state index in [1.165, 1.54) is 51.4 Å². The molecule has 0 aromatic carbocycles. The first-order chi connectivity index (χ1) is 16.3. The minimum atomic E-state index is -3.58. The van der Waals surface area contributed by atoms with E-state index in [2.05, 4.69) is 13.8 Å². The van der Waals surface area contributed by atoms with E-state index >= 15 is 0 Å². The smallest absolute Gasteiger partial charge is 0.267 e. The molecule has 0 spiro atoms. The summed E-state index contributed by atoms with van der Waals surface area (Å²) in [5, 5.41) is 0. The zero-order valence-electron chi connectivity index (χ0n) is 22.0. The van der Waals surface area contributed by atoms with Gasteiger partial charge in [0.2, 0.25) is 0 Å². The summed E-state index contributed by atoms with van der Waals surface area (Å²) in [6.07, 6.45) is 18.8. The second-order valence-electron chi connectivity index (χ2n) is 10.1. The van der Waals surface area contributed by atoms with Gasteiger partial charge in [-0.2, -0.15) is 16.8 Å².